The quantitative estimate of drug-likeness (QED) is 0.828. The molecule has 0 saturated heterocycles. The van der Waals surface area contributed by atoms with Crippen molar-refractivity contribution in [3.05, 3.63) is 52.8 Å². The zero-order valence-electron chi connectivity index (χ0n) is 10.1. The van der Waals surface area contributed by atoms with Crippen molar-refractivity contribution in [2.24, 2.45) is 0 Å². The van der Waals surface area contributed by atoms with Crippen molar-refractivity contribution in [2.75, 3.05) is 6.54 Å². The van der Waals surface area contributed by atoms with E-state index in [-0.39, 0.29) is 5.56 Å². The second-order valence-electron chi connectivity index (χ2n) is 4.02. The molecule has 0 saturated carbocycles. The Kier molecular flexibility index (Phi) is 4.52. The summed E-state index contributed by atoms with van der Waals surface area (Å²) in [4.78, 5) is 18.8. The molecule has 0 unspecified atom stereocenters. The molecule has 1 amide bonds. The molecule has 0 spiro atoms. The molecule has 1 heterocycles. The fourth-order valence-electron chi connectivity index (χ4n) is 1.66. The molecule has 0 aliphatic heterocycles. The number of rotatable bonds is 5. The predicted octanol–water partition coefficient (Wildman–Crippen LogP) is 2.56. The summed E-state index contributed by atoms with van der Waals surface area (Å²) in [6, 6.07) is 3.91. The van der Waals surface area contributed by atoms with E-state index in [4.69, 9.17) is 11.6 Å². The highest BCUT2D eigenvalue weighted by atomic mass is 35.5. The molecule has 100 valence electrons. The first-order valence-corrected chi connectivity index (χ1v) is 6.26. The maximum Gasteiger partial charge on any atom is 0.254 e. The Hall–Kier alpha value is -1.88. The van der Waals surface area contributed by atoms with Crippen LogP contribution in [0.4, 0.5) is 4.39 Å². The van der Waals surface area contributed by atoms with Crippen molar-refractivity contribution in [1.82, 2.24) is 15.3 Å². The number of aryl methyl sites for hydroxylation is 1. The van der Waals surface area contributed by atoms with Crippen LogP contribution in [-0.2, 0) is 6.42 Å². The van der Waals surface area contributed by atoms with E-state index in [2.05, 4.69) is 15.3 Å². The van der Waals surface area contributed by atoms with Crippen LogP contribution in [-0.4, -0.2) is 22.4 Å². The van der Waals surface area contributed by atoms with Crippen LogP contribution >= 0.6 is 11.6 Å². The zero-order valence-corrected chi connectivity index (χ0v) is 10.9. The van der Waals surface area contributed by atoms with Gasteiger partial charge in [0.2, 0.25) is 0 Å². The van der Waals surface area contributed by atoms with Gasteiger partial charge in [0.05, 0.1) is 5.56 Å². The molecule has 19 heavy (non-hydrogen) atoms. The van der Waals surface area contributed by atoms with Crippen molar-refractivity contribution in [1.29, 1.82) is 0 Å². The van der Waals surface area contributed by atoms with Crippen LogP contribution in [0.1, 0.15) is 22.6 Å². The van der Waals surface area contributed by atoms with Crippen LogP contribution < -0.4 is 5.32 Å². The number of hydrogen-bond acceptors (Lipinski definition) is 2. The first-order valence-electron chi connectivity index (χ1n) is 5.88. The predicted molar refractivity (Wildman–Crippen MR) is 70.7 cm³/mol. The van der Waals surface area contributed by atoms with Gasteiger partial charge in [0.25, 0.3) is 5.91 Å². The average Bonchev–Trinajstić information content (AvgIpc) is 2.90. The number of imidazole rings is 1. The second kappa shape index (κ2) is 6.33. The van der Waals surface area contributed by atoms with Gasteiger partial charge in [0, 0.05) is 30.4 Å². The Balaban J connectivity index is 1.82. The molecule has 2 rings (SSSR count). The minimum Gasteiger partial charge on any atom is -0.352 e. The van der Waals surface area contributed by atoms with Crippen LogP contribution in [0.5, 0.6) is 0 Å². The fourth-order valence-corrected chi connectivity index (χ4v) is 1.83. The summed E-state index contributed by atoms with van der Waals surface area (Å²) in [6.07, 6.45) is 4.87. The summed E-state index contributed by atoms with van der Waals surface area (Å²) in [6.45, 7) is 0.450. The first kappa shape index (κ1) is 13.5. The second-order valence-corrected chi connectivity index (χ2v) is 4.46. The van der Waals surface area contributed by atoms with E-state index < -0.39 is 11.7 Å². The van der Waals surface area contributed by atoms with Gasteiger partial charge in [-0.2, -0.15) is 0 Å². The molecule has 1 aromatic carbocycles. The summed E-state index contributed by atoms with van der Waals surface area (Å²) in [5, 5.41) is 2.99. The number of carbonyl (C=O) groups excluding carboxylic acids is 1. The van der Waals surface area contributed by atoms with E-state index in [1.165, 1.54) is 18.2 Å². The molecule has 1 aromatic heterocycles. The number of H-pyrrole nitrogens is 1. The van der Waals surface area contributed by atoms with E-state index in [0.717, 1.165) is 18.7 Å². The van der Waals surface area contributed by atoms with Crippen LogP contribution in [0.15, 0.2) is 30.6 Å². The third-order valence-corrected chi connectivity index (χ3v) is 2.84. The highest BCUT2D eigenvalue weighted by Crippen LogP contribution is 2.14. The van der Waals surface area contributed by atoms with Crippen molar-refractivity contribution >= 4 is 17.5 Å². The third kappa shape index (κ3) is 3.79. The molecule has 4 nitrogen and oxygen atoms in total. The van der Waals surface area contributed by atoms with Gasteiger partial charge in [-0.05, 0) is 24.6 Å². The highest BCUT2D eigenvalue weighted by Gasteiger charge is 2.11. The smallest absolute Gasteiger partial charge is 0.254 e. The van der Waals surface area contributed by atoms with E-state index in [0.29, 0.717) is 11.6 Å². The molecule has 0 aliphatic carbocycles. The lowest BCUT2D eigenvalue weighted by atomic mass is 10.2. The number of nitrogens with one attached hydrogen (secondary N) is 2. The van der Waals surface area contributed by atoms with Gasteiger partial charge < -0.3 is 10.3 Å². The Morgan fingerprint density at radius 2 is 2.32 bits per heavy atom. The summed E-state index contributed by atoms with van der Waals surface area (Å²) < 4.78 is 13.4. The van der Waals surface area contributed by atoms with Crippen LogP contribution in [0.25, 0.3) is 0 Å². The van der Waals surface area contributed by atoms with Gasteiger partial charge in [-0.25, -0.2) is 9.37 Å². The molecule has 0 aliphatic rings. The van der Waals surface area contributed by atoms with Gasteiger partial charge in [-0.15, -0.1) is 0 Å². The number of hydrogen-bond donors (Lipinski definition) is 2. The highest BCUT2D eigenvalue weighted by molar-refractivity contribution is 6.30. The van der Waals surface area contributed by atoms with Crippen LogP contribution in [0.3, 0.4) is 0 Å². The number of aromatic nitrogens is 2. The maximum absolute atomic E-state index is 13.4. The van der Waals surface area contributed by atoms with Crippen molar-refractivity contribution < 1.29 is 9.18 Å². The van der Waals surface area contributed by atoms with Crippen molar-refractivity contribution in [2.45, 2.75) is 12.8 Å². The molecule has 2 aromatic rings. The lowest BCUT2D eigenvalue weighted by molar-refractivity contribution is 0.0949. The van der Waals surface area contributed by atoms with E-state index in [9.17, 15) is 9.18 Å². The Morgan fingerprint density at radius 3 is 3.05 bits per heavy atom. The number of amides is 1. The van der Waals surface area contributed by atoms with Gasteiger partial charge in [0.1, 0.15) is 11.6 Å². The van der Waals surface area contributed by atoms with Crippen LogP contribution in [0.2, 0.25) is 5.02 Å². The molecule has 0 radical (unpaired) electrons. The molecule has 2 N–H and O–H groups in total. The summed E-state index contributed by atoms with van der Waals surface area (Å²) in [5.41, 5.74) is -0.0366. The zero-order chi connectivity index (χ0) is 13.7. The minimum absolute atomic E-state index is 0.0366. The maximum atomic E-state index is 13.4. The van der Waals surface area contributed by atoms with Gasteiger partial charge in [-0.1, -0.05) is 11.6 Å². The van der Waals surface area contributed by atoms with Crippen LogP contribution in [0, 0.1) is 5.82 Å². The van der Waals surface area contributed by atoms with Gasteiger partial charge in [-0.3, -0.25) is 4.79 Å². The van der Waals surface area contributed by atoms with Gasteiger partial charge in [0.15, 0.2) is 0 Å². The molecular formula is C13H13ClFN3O. The SMILES string of the molecule is O=C(NCCCc1ncc[nH]1)c1cc(Cl)ccc1F. The number of aromatic amines is 1. The van der Waals surface area contributed by atoms with Crippen molar-refractivity contribution in [3.8, 4) is 0 Å². The lowest BCUT2D eigenvalue weighted by Gasteiger charge is -2.06. The summed E-state index contributed by atoms with van der Waals surface area (Å²) in [7, 11) is 0. The third-order valence-electron chi connectivity index (χ3n) is 2.60. The Morgan fingerprint density at radius 1 is 1.47 bits per heavy atom. The molecule has 0 fully saturated rings. The van der Waals surface area contributed by atoms with E-state index in [1.54, 1.807) is 12.4 Å². The number of halogens is 2. The molecule has 0 atom stereocenters. The summed E-state index contributed by atoms with van der Waals surface area (Å²) in [5.74, 6) is -0.171. The summed E-state index contributed by atoms with van der Waals surface area (Å²) >= 11 is 5.73. The molecule has 0 bridgehead atoms. The Bertz CT molecular complexity index is 557. The van der Waals surface area contributed by atoms with Crippen molar-refractivity contribution in [3.63, 3.8) is 0 Å². The molecular weight excluding hydrogens is 269 g/mol. The number of nitrogens with zero attached hydrogens (tertiary/aromatic N) is 1. The average molecular weight is 282 g/mol. The van der Waals surface area contributed by atoms with E-state index in [1.807, 2.05) is 0 Å². The lowest BCUT2D eigenvalue weighted by Crippen LogP contribution is -2.25. The first-order chi connectivity index (χ1) is 9.16. The topological polar surface area (TPSA) is 57.8 Å². The fraction of sp³-hybridized carbons (Fsp3) is 0.231. The molecule has 6 heteroatoms. The number of benzene rings is 1. The number of carbonyl (C=O) groups is 1. The van der Waals surface area contributed by atoms with E-state index >= 15 is 0 Å². The monoisotopic (exact) mass is 281 g/mol. The largest absolute Gasteiger partial charge is 0.352 e. The standard InChI is InChI=1S/C13H13ClFN3O/c14-9-3-4-11(15)10(8-9)13(19)18-5-1-2-12-16-6-7-17-12/h3-4,6-8H,1-2,5H2,(H,16,17)(H,18,19). The van der Waals surface area contributed by atoms with Gasteiger partial charge >= 0.3 is 0 Å². The minimum atomic E-state index is -0.576. The normalized spacial score (nSPS) is 10.4. The Labute approximate surface area is 115 Å².